The van der Waals surface area contributed by atoms with Gasteiger partial charge in [0.1, 0.15) is 6.04 Å². The molecule has 1 aromatic heterocycles. The zero-order valence-corrected chi connectivity index (χ0v) is 22.4. The number of hydrogen-bond acceptors (Lipinski definition) is 9. The molecule has 14 nitrogen and oxygen atoms in total. The standard InChI is InChI=1S/C26H33N5O9/c1-3-38-23(34)17-40-21-16-20(28-31(21)18-8-6-5-7-9-18)24(35)27-19(10-11-22(32)33)25(36)29-12-14-30(15-13-29)26(37)39-4-2/h5-9,16,19H,3-4,10-15,17H2,1-2H3,(H,27,35)(H,32,33)/t19-/m0/s1. The smallest absolute Gasteiger partial charge is 0.409 e. The summed E-state index contributed by atoms with van der Waals surface area (Å²) in [6.07, 6.45) is -0.976. The predicted octanol–water partition coefficient (Wildman–Crippen LogP) is 1.08. The topological polar surface area (TPSA) is 170 Å². The Morgan fingerprint density at radius 3 is 2.25 bits per heavy atom. The average Bonchev–Trinajstić information content (AvgIpc) is 3.39. The molecule has 1 fully saturated rings. The van der Waals surface area contributed by atoms with E-state index in [9.17, 15) is 29.1 Å². The molecule has 14 heteroatoms. The van der Waals surface area contributed by atoms with Crippen LogP contribution in [-0.2, 0) is 23.9 Å². The molecular weight excluding hydrogens is 526 g/mol. The minimum absolute atomic E-state index is 0.0907. The van der Waals surface area contributed by atoms with Crippen molar-refractivity contribution >= 4 is 29.8 Å². The highest BCUT2D eigenvalue weighted by Gasteiger charge is 2.31. The first-order chi connectivity index (χ1) is 19.2. The van der Waals surface area contributed by atoms with Gasteiger partial charge in [-0.1, -0.05) is 18.2 Å². The SMILES string of the molecule is CCOC(=O)COc1cc(C(=O)N[C@@H](CCC(=O)O)C(=O)N2CCN(C(=O)OCC)CC2)nn1-c1ccccc1. The summed E-state index contributed by atoms with van der Waals surface area (Å²) in [5.41, 5.74) is 0.446. The Labute approximate surface area is 230 Å². The number of hydrogen-bond donors (Lipinski definition) is 2. The van der Waals surface area contributed by atoms with Gasteiger partial charge in [-0.25, -0.2) is 14.3 Å². The molecule has 2 aromatic rings. The van der Waals surface area contributed by atoms with Crippen molar-refractivity contribution in [3.05, 3.63) is 42.1 Å². The Hall–Kier alpha value is -4.62. The normalized spacial score (nSPS) is 13.8. The molecule has 3 amide bonds. The van der Waals surface area contributed by atoms with Gasteiger partial charge >= 0.3 is 18.0 Å². The number of nitrogens with zero attached hydrogens (tertiary/aromatic N) is 4. The van der Waals surface area contributed by atoms with Crippen LogP contribution in [-0.4, -0.2) is 107 Å². The average molecular weight is 560 g/mol. The highest BCUT2D eigenvalue weighted by atomic mass is 16.6. The number of carbonyl (C=O) groups excluding carboxylic acids is 4. The number of esters is 1. The van der Waals surface area contributed by atoms with Crippen LogP contribution in [0.25, 0.3) is 5.69 Å². The molecule has 0 saturated carbocycles. The predicted molar refractivity (Wildman–Crippen MR) is 139 cm³/mol. The second kappa shape index (κ2) is 14.5. The molecule has 0 bridgehead atoms. The number of amides is 3. The van der Waals surface area contributed by atoms with Gasteiger partial charge in [0.25, 0.3) is 5.91 Å². The summed E-state index contributed by atoms with van der Waals surface area (Å²) in [7, 11) is 0. The summed E-state index contributed by atoms with van der Waals surface area (Å²) in [6, 6.07) is 8.93. The molecule has 2 heterocycles. The fraction of sp³-hybridized carbons (Fsp3) is 0.462. The molecule has 1 atom stereocenters. The van der Waals surface area contributed by atoms with Crippen molar-refractivity contribution in [2.75, 3.05) is 46.0 Å². The maximum absolute atomic E-state index is 13.3. The largest absolute Gasteiger partial charge is 0.481 e. The van der Waals surface area contributed by atoms with Crippen LogP contribution in [0.3, 0.4) is 0 Å². The first kappa shape index (κ1) is 29.9. The summed E-state index contributed by atoms with van der Waals surface area (Å²) in [6.45, 7) is 4.25. The molecule has 3 rings (SSSR count). The number of aliphatic carboxylic acids is 1. The number of nitrogens with one attached hydrogen (secondary N) is 1. The monoisotopic (exact) mass is 559 g/mol. The molecule has 1 aliphatic heterocycles. The van der Waals surface area contributed by atoms with E-state index in [0.29, 0.717) is 5.69 Å². The number of ether oxygens (including phenoxy) is 3. The number of piperazine rings is 1. The van der Waals surface area contributed by atoms with Gasteiger partial charge in [-0.15, -0.1) is 0 Å². The van der Waals surface area contributed by atoms with Crippen LogP contribution in [0.1, 0.15) is 37.2 Å². The zero-order chi connectivity index (χ0) is 29.1. The fourth-order valence-electron chi connectivity index (χ4n) is 3.97. The van der Waals surface area contributed by atoms with Crippen LogP contribution in [0.5, 0.6) is 5.88 Å². The van der Waals surface area contributed by atoms with E-state index >= 15 is 0 Å². The van der Waals surface area contributed by atoms with E-state index < -0.39 is 42.5 Å². The van der Waals surface area contributed by atoms with Crippen molar-refractivity contribution in [3.63, 3.8) is 0 Å². The van der Waals surface area contributed by atoms with Gasteiger partial charge in [0.05, 0.1) is 18.9 Å². The van der Waals surface area contributed by atoms with E-state index in [1.165, 1.54) is 20.5 Å². The van der Waals surface area contributed by atoms with Crippen LogP contribution in [0, 0.1) is 0 Å². The highest BCUT2D eigenvalue weighted by Crippen LogP contribution is 2.20. The lowest BCUT2D eigenvalue weighted by Gasteiger charge is -2.35. The first-order valence-corrected chi connectivity index (χ1v) is 12.9. The van der Waals surface area contributed by atoms with E-state index in [0.717, 1.165) is 0 Å². The van der Waals surface area contributed by atoms with Gasteiger partial charge in [0.15, 0.2) is 12.3 Å². The third-order valence-electron chi connectivity index (χ3n) is 5.92. The van der Waals surface area contributed by atoms with Crippen molar-refractivity contribution in [3.8, 4) is 11.6 Å². The lowest BCUT2D eigenvalue weighted by molar-refractivity contribution is -0.145. The number of benzene rings is 1. The molecular formula is C26H33N5O9. The summed E-state index contributed by atoms with van der Waals surface area (Å²) in [5, 5.41) is 16.1. The Bertz CT molecular complexity index is 1190. The number of rotatable bonds is 12. The van der Waals surface area contributed by atoms with Crippen LogP contribution >= 0.6 is 0 Å². The fourth-order valence-corrected chi connectivity index (χ4v) is 3.97. The number of carboxylic acid groups (broad SMARTS) is 1. The van der Waals surface area contributed by atoms with Gasteiger partial charge in [-0.2, -0.15) is 5.10 Å². The van der Waals surface area contributed by atoms with Crippen molar-refractivity contribution in [1.29, 1.82) is 0 Å². The summed E-state index contributed by atoms with van der Waals surface area (Å²) in [5.74, 6) is -2.84. The molecule has 0 radical (unpaired) electrons. The second-order valence-corrected chi connectivity index (χ2v) is 8.68. The maximum Gasteiger partial charge on any atom is 0.409 e. The van der Waals surface area contributed by atoms with Crippen LogP contribution < -0.4 is 10.1 Å². The summed E-state index contributed by atoms with van der Waals surface area (Å²) >= 11 is 0. The minimum Gasteiger partial charge on any atom is -0.481 e. The third-order valence-corrected chi connectivity index (χ3v) is 5.92. The van der Waals surface area contributed by atoms with Crippen LogP contribution in [0.4, 0.5) is 4.79 Å². The van der Waals surface area contributed by atoms with Crippen LogP contribution in [0.2, 0.25) is 0 Å². The van der Waals surface area contributed by atoms with Gasteiger partial charge in [0, 0.05) is 38.7 Å². The van der Waals surface area contributed by atoms with Gasteiger partial charge in [-0.05, 0) is 32.4 Å². The van der Waals surface area contributed by atoms with Gasteiger partial charge < -0.3 is 34.4 Å². The Morgan fingerprint density at radius 1 is 0.975 bits per heavy atom. The van der Waals surface area contributed by atoms with Crippen molar-refractivity contribution in [2.45, 2.75) is 32.7 Å². The van der Waals surface area contributed by atoms with Gasteiger partial charge in [-0.3, -0.25) is 14.4 Å². The van der Waals surface area contributed by atoms with Crippen molar-refractivity contribution in [2.24, 2.45) is 0 Å². The van der Waals surface area contributed by atoms with Crippen LogP contribution in [0.15, 0.2) is 36.4 Å². The van der Waals surface area contributed by atoms with E-state index in [1.807, 2.05) is 0 Å². The van der Waals surface area contributed by atoms with Crippen molar-refractivity contribution in [1.82, 2.24) is 24.9 Å². The zero-order valence-electron chi connectivity index (χ0n) is 22.4. The molecule has 0 spiro atoms. The highest BCUT2D eigenvalue weighted by molar-refractivity contribution is 5.96. The molecule has 1 saturated heterocycles. The maximum atomic E-state index is 13.3. The van der Waals surface area contributed by atoms with E-state index in [1.54, 1.807) is 44.2 Å². The van der Waals surface area contributed by atoms with E-state index in [2.05, 4.69) is 10.4 Å². The molecule has 40 heavy (non-hydrogen) atoms. The number of carbonyl (C=O) groups is 5. The quantitative estimate of drug-likeness (QED) is 0.359. The van der Waals surface area contributed by atoms with Crippen molar-refractivity contribution < 1.29 is 43.3 Å². The minimum atomic E-state index is -1.15. The Kier molecular flexibility index (Phi) is 10.9. The molecule has 1 aliphatic rings. The lowest BCUT2D eigenvalue weighted by Crippen LogP contribution is -2.56. The first-order valence-electron chi connectivity index (χ1n) is 12.9. The Balaban J connectivity index is 1.76. The molecule has 1 aromatic carbocycles. The number of para-hydroxylation sites is 1. The molecule has 2 N–H and O–H groups in total. The van der Waals surface area contributed by atoms with E-state index in [-0.39, 0.29) is 63.8 Å². The van der Waals surface area contributed by atoms with E-state index in [4.69, 9.17) is 14.2 Å². The molecule has 0 unspecified atom stereocenters. The summed E-state index contributed by atoms with van der Waals surface area (Å²) < 4.78 is 16.8. The third kappa shape index (κ3) is 8.19. The second-order valence-electron chi connectivity index (χ2n) is 8.68. The Morgan fingerprint density at radius 2 is 1.62 bits per heavy atom. The number of carboxylic acids is 1. The molecule has 216 valence electrons. The van der Waals surface area contributed by atoms with Gasteiger partial charge in [0.2, 0.25) is 11.8 Å². The summed E-state index contributed by atoms with van der Waals surface area (Å²) in [4.78, 5) is 64.5. The lowest BCUT2D eigenvalue weighted by atomic mass is 10.1. The number of aromatic nitrogens is 2. The molecule has 0 aliphatic carbocycles.